The van der Waals surface area contributed by atoms with Gasteiger partial charge in [-0.15, -0.1) is 0 Å². The number of nitrogens with one attached hydrogen (secondary N) is 4. The fourth-order valence-electron chi connectivity index (χ4n) is 1.73. The number of aryl methyl sites for hydroxylation is 1. The molecule has 0 atom stereocenters. The number of para-hydroxylation sites is 1. The monoisotopic (exact) mass is 298 g/mol. The lowest BCUT2D eigenvalue weighted by Gasteiger charge is -2.10. The molecule has 0 aliphatic carbocycles. The van der Waals surface area contributed by atoms with Gasteiger partial charge in [0.1, 0.15) is 0 Å². The Kier molecular flexibility index (Phi) is 5.37. The molecule has 0 saturated carbocycles. The van der Waals surface area contributed by atoms with Crippen molar-refractivity contribution < 1.29 is 9.59 Å². The average molecular weight is 298 g/mol. The van der Waals surface area contributed by atoms with Crippen LogP contribution in [0.5, 0.6) is 0 Å². The first-order valence-electron chi connectivity index (χ1n) is 6.85. The number of rotatable bonds is 3. The van der Waals surface area contributed by atoms with Crippen LogP contribution in [0, 0.1) is 6.92 Å². The van der Waals surface area contributed by atoms with Crippen molar-refractivity contribution in [2.24, 2.45) is 0 Å². The summed E-state index contributed by atoms with van der Waals surface area (Å²) in [4.78, 5) is 23.1. The van der Waals surface area contributed by atoms with Crippen LogP contribution in [0.2, 0.25) is 0 Å². The fourth-order valence-corrected chi connectivity index (χ4v) is 1.73. The molecule has 0 aliphatic rings. The van der Waals surface area contributed by atoms with E-state index in [9.17, 15) is 9.59 Å². The predicted octanol–water partition coefficient (Wildman–Crippen LogP) is 2.53. The molecule has 4 amide bonds. The van der Waals surface area contributed by atoms with Crippen molar-refractivity contribution in [3.8, 4) is 0 Å². The van der Waals surface area contributed by atoms with E-state index in [0.717, 1.165) is 11.1 Å². The van der Waals surface area contributed by atoms with Crippen LogP contribution in [0.25, 0.3) is 0 Å². The molecule has 2 aromatic rings. The lowest BCUT2D eigenvalue weighted by molar-refractivity contribution is 0.229. The molecular weight excluding hydrogens is 280 g/mol. The summed E-state index contributed by atoms with van der Waals surface area (Å²) in [5.41, 5.74) is 7.32. The second-order valence-electron chi connectivity index (χ2n) is 4.74. The molecule has 114 valence electrons. The summed E-state index contributed by atoms with van der Waals surface area (Å²) < 4.78 is 0. The molecule has 0 bridgehead atoms. The molecule has 6 heteroatoms. The van der Waals surface area contributed by atoms with Crippen molar-refractivity contribution in [2.45, 2.75) is 13.5 Å². The van der Waals surface area contributed by atoms with E-state index in [-0.39, 0.29) is 0 Å². The van der Waals surface area contributed by atoms with E-state index in [1.165, 1.54) is 0 Å². The highest BCUT2D eigenvalue weighted by Gasteiger charge is 2.04. The molecule has 22 heavy (non-hydrogen) atoms. The zero-order valence-corrected chi connectivity index (χ0v) is 12.2. The van der Waals surface area contributed by atoms with Crippen molar-refractivity contribution in [3.63, 3.8) is 0 Å². The fraction of sp³-hybridized carbons (Fsp3) is 0.125. The molecule has 0 aliphatic heterocycles. The molecule has 0 spiro atoms. The number of anilines is 1. The van der Waals surface area contributed by atoms with Crippen molar-refractivity contribution in [3.05, 3.63) is 65.7 Å². The topological polar surface area (TPSA) is 82.3 Å². The SMILES string of the molecule is Cc1ccc(CNC(=O)NNC(=O)Nc2ccccc2)cc1. The van der Waals surface area contributed by atoms with Gasteiger partial charge in [0.15, 0.2) is 0 Å². The van der Waals surface area contributed by atoms with Crippen molar-refractivity contribution in [1.29, 1.82) is 0 Å². The van der Waals surface area contributed by atoms with E-state index in [1.54, 1.807) is 24.3 Å². The molecule has 0 unspecified atom stereocenters. The Balaban J connectivity index is 1.69. The minimum atomic E-state index is -0.517. The van der Waals surface area contributed by atoms with Crippen molar-refractivity contribution in [2.75, 3.05) is 5.32 Å². The van der Waals surface area contributed by atoms with E-state index in [2.05, 4.69) is 21.5 Å². The third-order valence-corrected chi connectivity index (χ3v) is 2.89. The maximum Gasteiger partial charge on any atom is 0.337 e. The second-order valence-corrected chi connectivity index (χ2v) is 4.74. The molecule has 0 aromatic heterocycles. The first-order valence-corrected chi connectivity index (χ1v) is 6.85. The predicted molar refractivity (Wildman–Crippen MR) is 85.1 cm³/mol. The standard InChI is InChI=1S/C16H18N4O2/c1-12-7-9-13(10-8-12)11-17-15(21)19-20-16(22)18-14-5-3-2-4-6-14/h2-10H,11H2,1H3,(H2,17,19,21)(H2,18,20,22). The van der Waals surface area contributed by atoms with Gasteiger partial charge in [-0.1, -0.05) is 48.0 Å². The number of amides is 4. The Bertz CT molecular complexity index is 626. The Morgan fingerprint density at radius 1 is 0.864 bits per heavy atom. The smallest absolute Gasteiger partial charge is 0.333 e. The van der Waals surface area contributed by atoms with Gasteiger partial charge < -0.3 is 10.6 Å². The second kappa shape index (κ2) is 7.68. The maximum absolute atomic E-state index is 11.6. The maximum atomic E-state index is 11.6. The van der Waals surface area contributed by atoms with Gasteiger partial charge in [0, 0.05) is 12.2 Å². The average Bonchev–Trinajstić information content (AvgIpc) is 2.53. The first-order chi connectivity index (χ1) is 10.6. The number of urea groups is 2. The third-order valence-electron chi connectivity index (χ3n) is 2.89. The van der Waals surface area contributed by atoms with Crippen LogP contribution in [0.1, 0.15) is 11.1 Å². The number of hydrogen-bond acceptors (Lipinski definition) is 2. The molecule has 2 rings (SSSR count). The molecule has 0 heterocycles. The van der Waals surface area contributed by atoms with E-state index in [0.29, 0.717) is 12.2 Å². The number of carbonyl (C=O) groups is 2. The van der Waals surface area contributed by atoms with Crippen LogP contribution in [0.4, 0.5) is 15.3 Å². The van der Waals surface area contributed by atoms with Gasteiger partial charge in [-0.05, 0) is 24.6 Å². The van der Waals surface area contributed by atoms with Crippen LogP contribution in [-0.4, -0.2) is 12.1 Å². The Labute approximate surface area is 128 Å². The minimum absolute atomic E-state index is 0.383. The molecule has 0 fully saturated rings. The van der Waals surface area contributed by atoms with Crippen molar-refractivity contribution >= 4 is 17.7 Å². The molecule has 4 N–H and O–H groups in total. The Morgan fingerprint density at radius 2 is 1.50 bits per heavy atom. The quantitative estimate of drug-likeness (QED) is 0.657. The highest BCUT2D eigenvalue weighted by Crippen LogP contribution is 2.04. The number of carbonyl (C=O) groups excluding carboxylic acids is 2. The van der Waals surface area contributed by atoms with Gasteiger partial charge in [-0.2, -0.15) is 0 Å². The van der Waals surface area contributed by atoms with Gasteiger partial charge in [0.05, 0.1) is 0 Å². The summed E-state index contributed by atoms with van der Waals surface area (Å²) in [7, 11) is 0. The summed E-state index contributed by atoms with van der Waals surface area (Å²) in [6, 6.07) is 15.8. The lowest BCUT2D eigenvalue weighted by atomic mass is 10.1. The van der Waals surface area contributed by atoms with Crippen molar-refractivity contribution in [1.82, 2.24) is 16.2 Å². The summed E-state index contributed by atoms with van der Waals surface area (Å²) in [5.74, 6) is 0. The largest absolute Gasteiger partial charge is 0.337 e. The van der Waals surface area contributed by atoms with E-state index < -0.39 is 12.1 Å². The van der Waals surface area contributed by atoms with Crippen LogP contribution in [0.15, 0.2) is 54.6 Å². The summed E-state index contributed by atoms with van der Waals surface area (Å²) in [6.45, 7) is 2.38. The Morgan fingerprint density at radius 3 is 2.18 bits per heavy atom. The van der Waals surface area contributed by atoms with E-state index >= 15 is 0 Å². The van der Waals surface area contributed by atoms with Gasteiger partial charge in [-0.25, -0.2) is 20.4 Å². The highest BCUT2D eigenvalue weighted by atomic mass is 16.2. The third kappa shape index (κ3) is 5.16. The van der Waals surface area contributed by atoms with E-state index in [4.69, 9.17) is 0 Å². The molecular formula is C16H18N4O2. The zero-order valence-electron chi connectivity index (χ0n) is 12.2. The molecule has 6 nitrogen and oxygen atoms in total. The summed E-state index contributed by atoms with van der Waals surface area (Å²) in [5, 5.41) is 5.23. The summed E-state index contributed by atoms with van der Waals surface area (Å²) in [6.07, 6.45) is 0. The van der Waals surface area contributed by atoms with Crippen LogP contribution < -0.4 is 21.5 Å². The van der Waals surface area contributed by atoms with Crippen LogP contribution in [-0.2, 0) is 6.54 Å². The number of benzene rings is 2. The van der Waals surface area contributed by atoms with Gasteiger partial charge >= 0.3 is 12.1 Å². The first kappa shape index (κ1) is 15.4. The number of hydrogen-bond donors (Lipinski definition) is 4. The minimum Gasteiger partial charge on any atom is -0.333 e. The van der Waals surface area contributed by atoms with Gasteiger partial charge in [0.25, 0.3) is 0 Å². The summed E-state index contributed by atoms with van der Waals surface area (Å²) >= 11 is 0. The zero-order chi connectivity index (χ0) is 15.8. The number of hydrazine groups is 1. The lowest BCUT2D eigenvalue weighted by Crippen LogP contribution is -2.48. The molecule has 0 radical (unpaired) electrons. The molecule has 0 saturated heterocycles. The molecule has 2 aromatic carbocycles. The van der Waals surface area contributed by atoms with Gasteiger partial charge in [-0.3, -0.25) is 0 Å². The normalized spacial score (nSPS) is 9.68. The highest BCUT2D eigenvalue weighted by molar-refractivity contribution is 5.90. The van der Waals surface area contributed by atoms with Gasteiger partial charge in [0.2, 0.25) is 0 Å². The van der Waals surface area contributed by atoms with E-state index in [1.807, 2.05) is 37.3 Å². The Hall–Kier alpha value is -3.02. The van der Waals surface area contributed by atoms with Crippen LogP contribution in [0.3, 0.4) is 0 Å². The van der Waals surface area contributed by atoms with Crippen LogP contribution >= 0.6 is 0 Å².